The molecule has 2 heterocycles. The number of aliphatic hydroxyl groups is 1. The Bertz CT molecular complexity index is 1060. The molecule has 3 aliphatic rings. The highest BCUT2D eigenvalue weighted by molar-refractivity contribution is 6.34. The zero-order valence-electron chi connectivity index (χ0n) is 17.4. The first-order valence-electron chi connectivity index (χ1n) is 10.6. The molecule has 0 bridgehead atoms. The van der Waals surface area contributed by atoms with Crippen LogP contribution in [0.15, 0.2) is 36.4 Å². The van der Waals surface area contributed by atoms with E-state index in [0.717, 1.165) is 23.4 Å². The summed E-state index contributed by atoms with van der Waals surface area (Å²) in [5.41, 5.74) is 6.94. The van der Waals surface area contributed by atoms with Crippen molar-refractivity contribution in [3.8, 4) is 11.1 Å². The fraction of sp³-hybridized carbons (Fsp3) is 0.391. The summed E-state index contributed by atoms with van der Waals surface area (Å²) >= 11 is 6.51. The topological polar surface area (TPSA) is 76.1 Å². The van der Waals surface area contributed by atoms with E-state index in [-0.39, 0.29) is 11.8 Å². The number of carbonyl (C=O) groups is 2. The van der Waals surface area contributed by atoms with Gasteiger partial charge < -0.3 is 20.3 Å². The molecule has 2 N–H and O–H groups in total. The van der Waals surface area contributed by atoms with E-state index in [0.29, 0.717) is 49.6 Å². The Labute approximate surface area is 186 Å². The number of fused-ring (bicyclic) bond motifs is 1. The summed E-state index contributed by atoms with van der Waals surface area (Å²) in [6.07, 6.45) is 1.06. The van der Waals surface area contributed by atoms with E-state index in [1.807, 2.05) is 24.2 Å². The summed E-state index contributed by atoms with van der Waals surface area (Å²) in [4.78, 5) is 28.7. The van der Waals surface area contributed by atoms with E-state index in [1.165, 1.54) is 5.56 Å². The van der Waals surface area contributed by atoms with E-state index >= 15 is 0 Å². The number of amides is 2. The number of benzene rings is 2. The molecule has 2 aromatic rings. The molecule has 1 aliphatic carbocycles. The number of halogens is 1. The molecule has 162 valence electrons. The molecule has 2 aromatic carbocycles. The molecule has 0 unspecified atom stereocenters. The molecule has 0 atom stereocenters. The van der Waals surface area contributed by atoms with Crippen LogP contribution in [0, 0.1) is 0 Å². The van der Waals surface area contributed by atoms with Crippen molar-refractivity contribution in [3.05, 3.63) is 52.5 Å². The molecule has 0 radical (unpaired) electrons. The van der Waals surface area contributed by atoms with E-state index in [1.54, 1.807) is 15.9 Å². The van der Waals surface area contributed by atoms with Gasteiger partial charge in [-0.2, -0.15) is 0 Å². The largest absolute Gasteiger partial charge is 0.380 e. The number of nitrogens with one attached hydrogen (secondary N) is 1. The van der Waals surface area contributed by atoms with Crippen LogP contribution in [0.4, 0.5) is 5.69 Å². The Morgan fingerprint density at radius 3 is 2.32 bits per heavy atom. The lowest BCUT2D eigenvalue weighted by Crippen LogP contribution is -2.53. The van der Waals surface area contributed by atoms with Gasteiger partial charge in [0.25, 0.3) is 11.8 Å². The second kappa shape index (κ2) is 7.51. The number of nitrogens with zero attached hydrogens (tertiary/aromatic N) is 3. The van der Waals surface area contributed by atoms with Crippen LogP contribution in [0.5, 0.6) is 0 Å². The van der Waals surface area contributed by atoms with Crippen LogP contribution < -0.4 is 5.43 Å². The van der Waals surface area contributed by atoms with E-state index in [2.05, 4.69) is 23.6 Å². The Kier molecular flexibility index (Phi) is 4.92. The van der Waals surface area contributed by atoms with Crippen LogP contribution in [0.2, 0.25) is 5.02 Å². The zero-order chi connectivity index (χ0) is 21.8. The average Bonchev–Trinajstić information content (AvgIpc) is 3.41. The minimum atomic E-state index is -1.16. The monoisotopic (exact) mass is 440 g/mol. The van der Waals surface area contributed by atoms with Gasteiger partial charge in [-0.25, -0.2) is 5.01 Å². The number of hydrogen-bond donors (Lipinski definition) is 2. The average molecular weight is 441 g/mol. The lowest BCUT2D eigenvalue weighted by atomic mass is 10.0. The molecule has 31 heavy (non-hydrogen) atoms. The highest BCUT2D eigenvalue weighted by Gasteiger charge is 2.50. The Hall–Kier alpha value is -2.61. The summed E-state index contributed by atoms with van der Waals surface area (Å²) in [5.74, 6) is -0.344. The van der Waals surface area contributed by atoms with Crippen molar-refractivity contribution >= 4 is 29.1 Å². The maximum Gasteiger partial charge on any atom is 0.255 e. The lowest BCUT2D eigenvalue weighted by molar-refractivity contribution is -0.143. The number of piperazine rings is 1. The second-order valence-corrected chi connectivity index (χ2v) is 9.06. The van der Waals surface area contributed by atoms with Gasteiger partial charge in [0.15, 0.2) is 0 Å². The molecule has 2 fully saturated rings. The third-order valence-electron chi connectivity index (χ3n) is 6.34. The SMILES string of the molecule is CN1Cc2ccc(-c3ccc(C(=O)N4CCN(C(=O)C5(O)CC5)CC4)c(Cl)c3)cc2N1. The minimum Gasteiger partial charge on any atom is -0.380 e. The van der Waals surface area contributed by atoms with Crippen molar-refractivity contribution in [2.75, 3.05) is 38.7 Å². The molecule has 2 aliphatic heterocycles. The molecule has 1 saturated heterocycles. The van der Waals surface area contributed by atoms with Gasteiger partial charge in [0, 0.05) is 39.8 Å². The van der Waals surface area contributed by atoms with Crippen LogP contribution in [0.3, 0.4) is 0 Å². The van der Waals surface area contributed by atoms with Gasteiger partial charge in [-0.3, -0.25) is 9.59 Å². The van der Waals surface area contributed by atoms with Crippen LogP contribution in [-0.4, -0.2) is 70.6 Å². The van der Waals surface area contributed by atoms with Crippen molar-refractivity contribution in [2.24, 2.45) is 0 Å². The molecular formula is C23H25ClN4O3. The first-order valence-corrected chi connectivity index (χ1v) is 10.9. The maximum atomic E-state index is 13.0. The Balaban J connectivity index is 1.28. The number of anilines is 1. The first kappa shape index (κ1) is 20.3. The van der Waals surface area contributed by atoms with Crippen LogP contribution in [-0.2, 0) is 11.3 Å². The lowest BCUT2D eigenvalue weighted by Gasteiger charge is -2.36. The molecule has 1 saturated carbocycles. The molecule has 7 nitrogen and oxygen atoms in total. The normalized spacial score (nSPS) is 19.7. The van der Waals surface area contributed by atoms with Gasteiger partial charge in [0.2, 0.25) is 0 Å². The molecule has 0 spiro atoms. The zero-order valence-corrected chi connectivity index (χ0v) is 18.2. The number of carbonyl (C=O) groups excluding carboxylic acids is 2. The maximum absolute atomic E-state index is 13.0. The predicted molar refractivity (Wildman–Crippen MR) is 119 cm³/mol. The molecule has 2 amide bonds. The third-order valence-corrected chi connectivity index (χ3v) is 6.65. The second-order valence-electron chi connectivity index (χ2n) is 8.65. The number of hydrogen-bond acceptors (Lipinski definition) is 5. The van der Waals surface area contributed by atoms with E-state index in [4.69, 9.17) is 11.6 Å². The fourth-order valence-electron chi connectivity index (χ4n) is 4.28. The molecule has 5 rings (SSSR count). The van der Waals surface area contributed by atoms with Crippen molar-refractivity contribution in [1.29, 1.82) is 0 Å². The van der Waals surface area contributed by atoms with Crippen LogP contribution in [0.25, 0.3) is 11.1 Å². The van der Waals surface area contributed by atoms with Gasteiger partial charge in [-0.15, -0.1) is 0 Å². The highest BCUT2D eigenvalue weighted by atomic mass is 35.5. The Morgan fingerprint density at radius 1 is 1.00 bits per heavy atom. The summed E-state index contributed by atoms with van der Waals surface area (Å²) in [7, 11) is 2.00. The van der Waals surface area contributed by atoms with Gasteiger partial charge in [0.1, 0.15) is 5.60 Å². The van der Waals surface area contributed by atoms with Crippen molar-refractivity contribution in [2.45, 2.75) is 25.0 Å². The summed E-state index contributed by atoms with van der Waals surface area (Å²) in [5, 5.41) is 12.5. The number of rotatable bonds is 3. The molecular weight excluding hydrogens is 416 g/mol. The van der Waals surface area contributed by atoms with Crippen LogP contribution in [0.1, 0.15) is 28.8 Å². The van der Waals surface area contributed by atoms with E-state index < -0.39 is 5.60 Å². The fourth-order valence-corrected chi connectivity index (χ4v) is 4.54. The summed E-state index contributed by atoms with van der Waals surface area (Å²) in [6, 6.07) is 11.8. The highest BCUT2D eigenvalue weighted by Crippen LogP contribution is 2.37. The quantitative estimate of drug-likeness (QED) is 0.767. The Morgan fingerprint density at radius 2 is 1.65 bits per heavy atom. The molecule has 8 heteroatoms. The summed E-state index contributed by atoms with van der Waals surface area (Å²) in [6.45, 7) is 2.59. The minimum absolute atomic E-state index is 0.133. The third kappa shape index (κ3) is 3.78. The van der Waals surface area contributed by atoms with Gasteiger partial charge >= 0.3 is 0 Å². The van der Waals surface area contributed by atoms with Crippen molar-refractivity contribution in [1.82, 2.24) is 14.8 Å². The van der Waals surface area contributed by atoms with E-state index in [9.17, 15) is 14.7 Å². The predicted octanol–water partition coefficient (Wildman–Crippen LogP) is 2.59. The smallest absolute Gasteiger partial charge is 0.255 e. The van der Waals surface area contributed by atoms with Crippen molar-refractivity contribution < 1.29 is 14.7 Å². The van der Waals surface area contributed by atoms with Crippen molar-refractivity contribution in [3.63, 3.8) is 0 Å². The molecule has 0 aromatic heterocycles. The van der Waals surface area contributed by atoms with Gasteiger partial charge in [0.05, 0.1) is 16.3 Å². The summed E-state index contributed by atoms with van der Waals surface area (Å²) < 4.78 is 0. The standard InChI is InChI=1S/C23H25ClN4O3/c1-26-14-17-3-2-16(13-20(17)25-26)15-4-5-18(19(24)12-15)21(29)27-8-10-28(11-9-27)22(30)23(31)6-7-23/h2-5,12-13,25,31H,6-11,14H2,1H3. The van der Waals surface area contributed by atoms with Gasteiger partial charge in [-0.1, -0.05) is 29.8 Å². The first-order chi connectivity index (χ1) is 14.8. The number of hydrazine groups is 1. The van der Waals surface area contributed by atoms with Gasteiger partial charge in [-0.05, 0) is 47.7 Å². The van der Waals surface area contributed by atoms with Crippen LogP contribution >= 0.6 is 11.6 Å².